The average Bonchev–Trinajstić information content (AvgIpc) is 2.93. The smallest absolute Gasteiger partial charge is 0.123 e. The van der Waals surface area contributed by atoms with Crippen molar-refractivity contribution in [3.8, 4) is 0 Å². The van der Waals surface area contributed by atoms with E-state index in [1.54, 1.807) is 12.1 Å². The van der Waals surface area contributed by atoms with E-state index in [1.807, 2.05) is 6.07 Å². The summed E-state index contributed by atoms with van der Waals surface area (Å²) in [6, 6.07) is 7.38. The maximum absolute atomic E-state index is 13.3. The molecule has 3 atom stereocenters. The van der Waals surface area contributed by atoms with Crippen LogP contribution in [-0.4, -0.2) is 30.6 Å². The predicted molar refractivity (Wildman–Crippen MR) is 82.8 cm³/mol. The first-order valence-corrected chi connectivity index (χ1v) is 8.44. The molecule has 114 valence electrons. The zero-order valence-corrected chi connectivity index (χ0v) is 12.8. The lowest BCUT2D eigenvalue weighted by atomic mass is 9.90. The van der Waals surface area contributed by atoms with Crippen molar-refractivity contribution >= 4 is 0 Å². The molecule has 1 N–H and O–H groups in total. The van der Waals surface area contributed by atoms with Crippen LogP contribution in [0.15, 0.2) is 18.2 Å². The SMILES string of the molecule is CN1C2CCC1CC(CNC1CCc3cc(F)ccc31)C2. The molecule has 2 nitrogen and oxygen atoms in total. The number of hydrogen-bond acceptors (Lipinski definition) is 2. The minimum atomic E-state index is -0.0960. The number of halogens is 1. The van der Waals surface area contributed by atoms with Gasteiger partial charge in [-0.25, -0.2) is 4.39 Å². The van der Waals surface area contributed by atoms with Crippen LogP contribution in [-0.2, 0) is 6.42 Å². The van der Waals surface area contributed by atoms with E-state index >= 15 is 0 Å². The summed E-state index contributed by atoms with van der Waals surface area (Å²) in [7, 11) is 2.30. The van der Waals surface area contributed by atoms with Crippen LogP contribution in [0.25, 0.3) is 0 Å². The molecule has 3 heteroatoms. The first kappa shape index (κ1) is 13.7. The van der Waals surface area contributed by atoms with Gasteiger partial charge in [0.05, 0.1) is 0 Å². The molecule has 0 saturated carbocycles. The fraction of sp³-hybridized carbons (Fsp3) is 0.667. The number of aryl methyl sites for hydroxylation is 1. The summed E-state index contributed by atoms with van der Waals surface area (Å²) in [6.45, 7) is 1.13. The second kappa shape index (κ2) is 5.36. The third-order valence-corrected chi connectivity index (χ3v) is 6.03. The number of nitrogens with zero attached hydrogens (tertiary/aromatic N) is 1. The van der Waals surface area contributed by atoms with E-state index in [9.17, 15) is 4.39 Å². The minimum Gasteiger partial charge on any atom is -0.310 e. The Morgan fingerprint density at radius 3 is 2.71 bits per heavy atom. The summed E-state index contributed by atoms with van der Waals surface area (Å²) in [6.07, 6.45) is 7.63. The second-order valence-electron chi connectivity index (χ2n) is 7.23. The maximum Gasteiger partial charge on any atom is 0.123 e. The lowest BCUT2D eigenvalue weighted by Gasteiger charge is -2.36. The summed E-state index contributed by atoms with van der Waals surface area (Å²) in [5.41, 5.74) is 2.53. The van der Waals surface area contributed by atoms with Gasteiger partial charge in [-0.15, -0.1) is 0 Å². The van der Waals surface area contributed by atoms with Crippen molar-refractivity contribution in [1.82, 2.24) is 10.2 Å². The molecule has 21 heavy (non-hydrogen) atoms. The van der Waals surface area contributed by atoms with Gasteiger partial charge in [0.25, 0.3) is 0 Å². The summed E-state index contributed by atoms with van der Waals surface area (Å²) >= 11 is 0. The van der Waals surface area contributed by atoms with Crippen LogP contribution in [0.4, 0.5) is 4.39 Å². The van der Waals surface area contributed by atoms with Gasteiger partial charge in [-0.05, 0) is 81.3 Å². The van der Waals surface area contributed by atoms with Gasteiger partial charge in [-0.2, -0.15) is 0 Å². The quantitative estimate of drug-likeness (QED) is 0.918. The van der Waals surface area contributed by atoms with Gasteiger partial charge < -0.3 is 10.2 Å². The monoisotopic (exact) mass is 288 g/mol. The van der Waals surface area contributed by atoms with E-state index in [2.05, 4.69) is 17.3 Å². The van der Waals surface area contributed by atoms with E-state index in [4.69, 9.17) is 0 Å². The Bertz CT molecular complexity index is 516. The molecule has 2 saturated heterocycles. The number of rotatable bonds is 3. The largest absolute Gasteiger partial charge is 0.310 e. The predicted octanol–water partition coefficient (Wildman–Crippen LogP) is 3.28. The Morgan fingerprint density at radius 2 is 1.95 bits per heavy atom. The van der Waals surface area contributed by atoms with Crippen molar-refractivity contribution in [2.24, 2.45) is 5.92 Å². The summed E-state index contributed by atoms with van der Waals surface area (Å²) in [5, 5.41) is 3.77. The lowest BCUT2D eigenvalue weighted by molar-refractivity contribution is 0.131. The summed E-state index contributed by atoms with van der Waals surface area (Å²) < 4.78 is 13.3. The molecule has 0 radical (unpaired) electrons. The van der Waals surface area contributed by atoms with E-state index < -0.39 is 0 Å². The molecule has 0 aromatic heterocycles. The van der Waals surface area contributed by atoms with E-state index in [0.717, 1.165) is 37.4 Å². The zero-order chi connectivity index (χ0) is 14.4. The molecule has 2 bridgehead atoms. The fourth-order valence-electron chi connectivity index (χ4n) is 4.80. The molecular formula is C18H25FN2. The number of fused-ring (bicyclic) bond motifs is 3. The molecule has 3 aliphatic rings. The molecule has 2 fully saturated rings. The van der Waals surface area contributed by atoms with Crippen LogP contribution in [0.3, 0.4) is 0 Å². The van der Waals surface area contributed by atoms with Crippen LogP contribution < -0.4 is 5.32 Å². The number of benzene rings is 1. The number of hydrogen-bond donors (Lipinski definition) is 1. The summed E-state index contributed by atoms with van der Waals surface area (Å²) in [4.78, 5) is 2.60. The van der Waals surface area contributed by atoms with E-state index in [-0.39, 0.29) is 5.82 Å². The Balaban J connectivity index is 1.37. The van der Waals surface area contributed by atoms with Crippen molar-refractivity contribution in [3.05, 3.63) is 35.1 Å². The van der Waals surface area contributed by atoms with Crippen LogP contribution in [0, 0.1) is 11.7 Å². The van der Waals surface area contributed by atoms with Gasteiger partial charge in [0, 0.05) is 18.1 Å². The normalized spacial score (nSPS) is 35.1. The van der Waals surface area contributed by atoms with Crippen molar-refractivity contribution in [1.29, 1.82) is 0 Å². The first-order valence-electron chi connectivity index (χ1n) is 8.44. The molecular weight excluding hydrogens is 263 g/mol. The highest BCUT2D eigenvalue weighted by Gasteiger charge is 2.38. The highest BCUT2D eigenvalue weighted by atomic mass is 19.1. The number of piperidine rings is 1. The Kier molecular flexibility index (Phi) is 3.50. The highest BCUT2D eigenvalue weighted by molar-refractivity contribution is 5.34. The lowest BCUT2D eigenvalue weighted by Crippen LogP contribution is -2.42. The molecule has 1 aliphatic carbocycles. The molecule has 0 spiro atoms. The fourth-order valence-corrected chi connectivity index (χ4v) is 4.80. The highest BCUT2D eigenvalue weighted by Crippen LogP contribution is 2.38. The van der Waals surface area contributed by atoms with Gasteiger partial charge in [0.2, 0.25) is 0 Å². The molecule has 1 aromatic rings. The van der Waals surface area contributed by atoms with Crippen molar-refractivity contribution in [2.45, 2.75) is 56.7 Å². The molecule has 3 unspecified atom stereocenters. The van der Waals surface area contributed by atoms with E-state index in [1.165, 1.54) is 36.8 Å². The third-order valence-electron chi connectivity index (χ3n) is 6.03. The molecule has 1 aromatic carbocycles. The maximum atomic E-state index is 13.3. The van der Waals surface area contributed by atoms with Gasteiger partial charge in [0.15, 0.2) is 0 Å². The minimum absolute atomic E-state index is 0.0960. The summed E-state index contributed by atoms with van der Waals surface area (Å²) in [5.74, 6) is 0.726. The standard InChI is InChI=1S/C18H25FN2/c1-21-15-4-5-16(21)9-12(8-15)11-20-18-7-2-13-10-14(19)3-6-17(13)18/h3,6,10,12,15-16,18,20H,2,4-5,7-9,11H2,1H3. The van der Waals surface area contributed by atoms with Gasteiger partial charge in [-0.1, -0.05) is 6.07 Å². The molecule has 4 rings (SSSR count). The van der Waals surface area contributed by atoms with Gasteiger partial charge in [-0.3, -0.25) is 0 Å². The molecule has 2 aliphatic heterocycles. The van der Waals surface area contributed by atoms with Crippen LogP contribution >= 0.6 is 0 Å². The second-order valence-corrected chi connectivity index (χ2v) is 7.23. The average molecular weight is 288 g/mol. The van der Waals surface area contributed by atoms with Gasteiger partial charge in [0.1, 0.15) is 5.82 Å². The van der Waals surface area contributed by atoms with Crippen molar-refractivity contribution in [2.75, 3.05) is 13.6 Å². The third kappa shape index (κ3) is 2.51. The Hall–Kier alpha value is -0.930. The first-order chi connectivity index (χ1) is 10.2. The van der Waals surface area contributed by atoms with Crippen molar-refractivity contribution in [3.63, 3.8) is 0 Å². The van der Waals surface area contributed by atoms with Crippen molar-refractivity contribution < 1.29 is 4.39 Å². The number of nitrogens with one attached hydrogen (secondary N) is 1. The van der Waals surface area contributed by atoms with Crippen LogP contribution in [0.1, 0.15) is 49.3 Å². The van der Waals surface area contributed by atoms with E-state index in [0.29, 0.717) is 6.04 Å². The topological polar surface area (TPSA) is 15.3 Å². The molecule has 2 heterocycles. The van der Waals surface area contributed by atoms with Gasteiger partial charge >= 0.3 is 0 Å². The van der Waals surface area contributed by atoms with Crippen LogP contribution in [0.2, 0.25) is 0 Å². The van der Waals surface area contributed by atoms with Crippen LogP contribution in [0.5, 0.6) is 0 Å². The molecule has 0 amide bonds. The Morgan fingerprint density at radius 1 is 1.19 bits per heavy atom. The zero-order valence-electron chi connectivity index (χ0n) is 12.8. The Labute approximate surface area is 126 Å².